The van der Waals surface area contributed by atoms with E-state index in [-0.39, 0.29) is 11.9 Å². The van der Waals surface area contributed by atoms with Gasteiger partial charge in [-0.3, -0.25) is 4.79 Å². The zero-order valence-corrected chi connectivity index (χ0v) is 15.6. The molecule has 1 atom stereocenters. The van der Waals surface area contributed by atoms with Crippen molar-refractivity contribution in [2.75, 3.05) is 6.54 Å². The summed E-state index contributed by atoms with van der Waals surface area (Å²) in [6.45, 7) is 0.402. The van der Waals surface area contributed by atoms with Crippen molar-refractivity contribution in [2.45, 2.75) is 57.0 Å². The normalized spacial score (nSPS) is 17.4. The van der Waals surface area contributed by atoms with Crippen LogP contribution in [-0.2, 0) is 4.79 Å². The molecule has 0 saturated heterocycles. The zero-order valence-electron chi connectivity index (χ0n) is 14.7. The van der Waals surface area contributed by atoms with Crippen LogP contribution < -0.4 is 10.6 Å². The van der Waals surface area contributed by atoms with E-state index in [1.165, 1.54) is 49.8 Å². The summed E-state index contributed by atoms with van der Waals surface area (Å²) in [6, 6.07) is 14.8. The molecule has 1 aliphatic carbocycles. The van der Waals surface area contributed by atoms with Crippen molar-refractivity contribution in [1.29, 1.82) is 0 Å². The Kier molecular flexibility index (Phi) is 7.07. The zero-order chi connectivity index (χ0) is 17.3. The van der Waals surface area contributed by atoms with E-state index >= 15 is 0 Å². The molecule has 3 nitrogen and oxygen atoms in total. The fraction of sp³-hybridized carbons (Fsp3) is 0.476. The summed E-state index contributed by atoms with van der Waals surface area (Å²) < 4.78 is 0. The van der Waals surface area contributed by atoms with Gasteiger partial charge in [0.2, 0.25) is 5.91 Å². The third-order valence-corrected chi connectivity index (χ3v) is 5.86. The third-order valence-electron chi connectivity index (χ3n) is 4.92. The molecule has 0 bridgehead atoms. The second-order valence-corrected chi connectivity index (χ2v) is 7.83. The minimum atomic E-state index is -0.0622. The van der Waals surface area contributed by atoms with E-state index in [0.29, 0.717) is 12.6 Å². The lowest BCUT2D eigenvalue weighted by molar-refractivity contribution is -0.120. The number of amides is 1. The number of carbonyl (C=O) groups excluding carboxylic acids is 1. The van der Waals surface area contributed by atoms with Gasteiger partial charge in [-0.1, -0.05) is 68.5 Å². The first-order chi connectivity index (χ1) is 12.3. The van der Waals surface area contributed by atoms with Gasteiger partial charge in [-0.25, -0.2) is 0 Å². The molecule has 1 saturated carbocycles. The molecule has 0 spiro atoms. The first-order valence-corrected chi connectivity index (χ1v) is 10.3. The van der Waals surface area contributed by atoms with Gasteiger partial charge in [0.25, 0.3) is 0 Å². The molecule has 1 heterocycles. The quantitative estimate of drug-likeness (QED) is 0.790. The summed E-state index contributed by atoms with van der Waals surface area (Å²) in [5.41, 5.74) is 1.13. The maximum Gasteiger partial charge on any atom is 0.234 e. The van der Waals surface area contributed by atoms with Crippen LogP contribution in [0.4, 0.5) is 0 Å². The number of carbonyl (C=O) groups is 1. The summed E-state index contributed by atoms with van der Waals surface area (Å²) >= 11 is 1.68. The highest BCUT2D eigenvalue weighted by Gasteiger charge is 2.18. The smallest absolute Gasteiger partial charge is 0.234 e. The van der Waals surface area contributed by atoms with Crippen LogP contribution >= 0.6 is 11.3 Å². The highest BCUT2D eigenvalue weighted by Crippen LogP contribution is 2.25. The van der Waals surface area contributed by atoms with E-state index in [1.54, 1.807) is 11.3 Å². The topological polar surface area (TPSA) is 41.1 Å². The largest absolute Gasteiger partial charge is 0.343 e. The van der Waals surface area contributed by atoms with Gasteiger partial charge >= 0.3 is 0 Å². The summed E-state index contributed by atoms with van der Waals surface area (Å²) in [6.07, 6.45) is 8.98. The van der Waals surface area contributed by atoms with E-state index in [4.69, 9.17) is 0 Å². The summed E-state index contributed by atoms with van der Waals surface area (Å²) in [5.74, 6) is 0.0734. The van der Waals surface area contributed by atoms with Gasteiger partial charge in [0.15, 0.2) is 0 Å². The molecule has 3 rings (SSSR count). The van der Waals surface area contributed by atoms with Gasteiger partial charge in [-0.05, 0) is 29.9 Å². The van der Waals surface area contributed by atoms with Crippen molar-refractivity contribution in [1.82, 2.24) is 10.6 Å². The van der Waals surface area contributed by atoms with Crippen LogP contribution in [0.2, 0.25) is 0 Å². The highest BCUT2D eigenvalue weighted by atomic mass is 32.1. The second kappa shape index (κ2) is 9.73. The highest BCUT2D eigenvalue weighted by molar-refractivity contribution is 7.10. The molecule has 0 radical (unpaired) electrons. The average Bonchev–Trinajstić information content (AvgIpc) is 3.14. The molecule has 1 aromatic carbocycles. The van der Waals surface area contributed by atoms with Crippen LogP contribution in [0.15, 0.2) is 47.8 Å². The summed E-state index contributed by atoms with van der Waals surface area (Å²) in [7, 11) is 0. The Labute approximate surface area is 154 Å². The molecule has 2 N–H and O–H groups in total. The summed E-state index contributed by atoms with van der Waals surface area (Å²) in [5, 5.41) is 8.75. The Morgan fingerprint density at radius 2 is 1.72 bits per heavy atom. The van der Waals surface area contributed by atoms with Gasteiger partial charge < -0.3 is 10.6 Å². The Morgan fingerprint density at radius 1 is 1.00 bits per heavy atom. The maximum absolute atomic E-state index is 12.5. The molecule has 1 aliphatic rings. The predicted molar refractivity (Wildman–Crippen MR) is 105 cm³/mol. The van der Waals surface area contributed by atoms with Crippen molar-refractivity contribution in [3.05, 3.63) is 58.3 Å². The Balaban J connectivity index is 1.57. The van der Waals surface area contributed by atoms with Gasteiger partial charge in [0, 0.05) is 10.9 Å². The molecule has 134 valence electrons. The Morgan fingerprint density at radius 3 is 2.40 bits per heavy atom. The molecule has 1 fully saturated rings. The molecular weight excluding hydrogens is 328 g/mol. The number of rotatable bonds is 6. The van der Waals surface area contributed by atoms with Gasteiger partial charge in [0.1, 0.15) is 0 Å². The number of hydrogen-bond acceptors (Lipinski definition) is 3. The summed E-state index contributed by atoms with van der Waals surface area (Å²) in [4.78, 5) is 13.7. The van der Waals surface area contributed by atoms with Crippen molar-refractivity contribution < 1.29 is 4.79 Å². The van der Waals surface area contributed by atoms with E-state index in [1.807, 2.05) is 24.3 Å². The fourth-order valence-electron chi connectivity index (χ4n) is 3.53. The molecule has 0 aliphatic heterocycles. The minimum absolute atomic E-state index is 0.0622. The Hall–Kier alpha value is -1.65. The van der Waals surface area contributed by atoms with Crippen molar-refractivity contribution in [2.24, 2.45) is 0 Å². The first kappa shape index (κ1) is 18.2. The molecule has 1 aromatic heterocycles. The molecule has 0 unspecified atom stereocenters. The van der Waals surface area contributed by atoms with Crippen molar-refractivity contribution in [3.63, 3.8) is 0 Å². The van der Waals surface area contributed by atoms with Crippen molar-refractivity contribution in [3.8, 4) is 0 Å². The molecular formula is C21H28N2OS. The lowest BCUT2D eigenvalue weighted by Crippen LogP contribution is -2.40. The number of benzene rings is 1. The molecule has 1 amide bonds. The number of thiophene rings is 1. The van der Waals surface area contributed by atoms with Crippen molar-refractivity contribution >= 4 is 17.2 Å². The van der Waals surface area contributed by atoms with Crippen LogP contribution in [0.25, 0.3) is 0 Å². The predicted octanol–water partition coefficient (Wildman–Crippen LogP) is 4.66. The van der Waals surface area contributed by atoms with Gasteiger partial charge in [-0.2, -0.15) is 0 Å². The van der Waals surface area contributed by atoms with Gasteiger partial charge in [-0.15, -0.1) is 11.3 Å². The standard InChI is InChI=1S/C21H28N2OS/c24-20(16-22-18-12-7-2-1-3-8-13-18)23-21(19-14-9-15-25-19)17-10-5-4-6-11-17/h4-6,9-11,14-15,18,21-22H,1-3,7-8,12-13,16H2,(H,23,24)/t21-/m1/s1. The second-order valence-electron chi connectivity index (χ2n) is 6.85. The molecule has 4 heteroatoms. The number of hydrogen-bond donors (Lipinski definition) is 2. The monoisotopic (exact) mass is 356 g/mol. The Bertz CT molecular complexity index is 619. The minimum Gasteiger partial charge on any atom is -0.343 e. The van der Waals surface area contributed by atoms with Crippen LogP contribution in [-0.4, -0.2) is 18.5 Å². The fourth-order valence-corrected chi connectivity index (χ4v) is 4.33. The first-order valence-electron chi connectivity index (χ1n) is 9.44. The van der Waals surface area contributed by atoms with Gasteiger partial charge in [0.05, 0.1) is 12.6 Å². The lowest BCUT2D eigenvalue weighted by atomic mass is 9.97. The van der Waals surface area contributed by atoms with E-state index in [2.05, 4.69) is 34.2 Å². The molecule has 2 aromatic rings. The van der Waals surface area contributed by atoms with Crippen LogP contribution in [0.1, 0.15) is 61.4 Å². The SMILES string of the molecule is O=C(CNC1CCCCCCC1)N[C@H](c1ccccc1)c1cccs1. The third kappa shape index (κ3) is 5.68. The molecule has 25 heavy (non-hydrogen) atoms. The lowest BCUT2D eigenvalue weighted by Gasteiger charge is -2.22. The van der Waals surface area contributed by atoms with Crippen LogP contribution in [0.3, 0.4) is 0 Å². The maximum atomic E-state index is 12.5. The van der Waals surface area contributed by atoms with Crippen LogP contribution in [0.5, 0.6) is 0 Å². The van der Waals surface area contributed by atoms with E-state index < -0.39 is 0 Å². The number of nitrogens with one attached hydrogen (secondary N) is 2. The van der Waals surface area contributed by atoms with Crippen LogP contribution in [0, 0.1) is 0 Å². The average molecular weight is 357 g/mol. The van der Waals surface area contributed by atoms with E-state index in [0.717, 1.165) is 5.56 Å². The van der Waals surface area contributed by atoms with E-state index in [9.17, 15) is 4.79 Å².